The molecule has 0 fully saturated rings. The van der Waals surface area contributed by atoms with Gasteiger partial charge in [0, 0.05) is 18.3 Å². The van der Waals surface area contributed by atoms with E-state index in [0.717, 1.165) is 5.82 Å². The maximum Gasteiger partial charge on any atom is 0.321 e. The highest BCUT2D eigenvalue weighted by atomic mass is 16.5. The molecule has 0 aliphatic heterocycles. The average molecular weight is 207 g/mol. The van der Waals surface area contributed by atoms with Crippen molar-refractivity contribution in [2.45, 2.75) is 26.3 Å². The summed E-state index contributed by atoms with van der Waals surface area (Å²) in [5, 5.41) is 6.82. The molecule has 0 amide bonds. The van der Waals surface area contributed by atoms with Gasteiger partial charge in [-0.1, -0.05) is 19.0 Å². The van der Waals surface area contributed by atoms with Gasteiger partial charge in [-0.2, -0.15) is 4.98 Å². The van der Waals surface area contributed by atoms with Gasteiger partial charge in [-0.05, 0) is 0 Å². The Hall–Kier alpha value is -1.85. The monoisotopic (exact) mass is 207 g/mol. The van der Waals surface area contributed by atoms with Crippen LogP contribution >= 0.6 is 0 Å². The fourth-order valence-corrected chi connectivity index (χ4v) is 1.10. The lowest BCUT2D eigenvalue weighted by molar-refractivity contribution is 0.419. The van der Waals surface area contributed by atoms with Crippen LogP contribution in [0.25, 0.3) is 0 Å². The number of aromatic amines is 1. The number of imidazole rings is 1. The van der Waals surface area contributed by atoms with Gasteiger partial charge in [0.15, 0.2) is 5.82 Å². The molecule has 0 atom stereocenters. The summed E-state index contributed by atoms with van der Waals surface area (Å²) in [6.07, 6.45) is 3.47. The summed E-state index contributed by atoms with van der Waals surface area (Å²) < 4.78 is 5.01. The molecule has 2 aromatic heterocycles. The predicted molar refractivity (Wildman–Crippen MR) is 54.3 cm³/mol. The summed E-state index contributed by atoms with van der Waals surface area (Å²) in [6.45, 7) is 4.58. The van der Waals surface area contributed by atoms with Gasteiger partial charge in [0.25, 0.3) is 0 Å². The molecule has 0 aliphatic rings. The normalized spacial score (nSPS) is 10.9. The summed E-state index contributed by atoms with van der Waals surface area (Å²) in [5.74, 6) is 1.81. The fourth-order valence-electron chi connectivity index (χ4n) is 1.10. The van der Waals surface area contributed by atoms with Crippen LogP contribution in [-0.4, -0.2) is 20.1 Å². The minimum absolute atomic E-state index is 0.271. The van der Waals surface area contributed by atoms with E-state index in [4.69, 9.17) is 4.52 Å². The molecule has 2 rings (SSSR count). The van der Waals surface area contributed by atoms with E-state index in [2.05, 4.69) is 25.4 Å². The lowest BCUT2D eigenvalue weighted by Crippen LogP contribution is -2.01. The van der Waals surface area contributed by atoms with E-state index in [1.54, 1.807) is 12.4 Å². The standard InChI is InChI=1S/C9H13N5O/c1-6(2)8-13-9(15-14-8)12-5-7-10-3-4-11-7/h3-4,6H,5H2,1-2H3,(H,10,11)(H,12,13,14). The number of hydrogen-bond acceptors (Lipinski definition) is 5. The topological polar surface area (TPSA) is 79.6 Å². The van der Waals surface area contributed by atoms with Crippen molar-refractivity contribution in [1.82, 2.24) is 20.1 Å². The lowest BCUT2D eigenvalue weighted by Gasteiger charge is -1.96. The Balaban J connectivity index is 1.94. The second-order valence-electron chi connectivity index (χ2n) is 3.50. The van der Waals surface area contributed by atoms with E-state index >= 15 is 0 Å². The number of aromatic nitrogens is 4. The van der Waals surface area contributed by atoms with Crippen LogP contribution in [0.2, 0.25) is 0 Å². The van der Waals surface area contributed by atoms with Gasteiger partial charge < -0.3 is 14.8 Å². The minimum atomic E-state index is 0.271. The van der Waals surface area contributed by atoms with Crippen molar-refractivity contribution in [3.63, 3.8) is 0 Å². The smallest absolute Gasteiger partial charge is 0.321 e. The van der Waals surface area contributed by atoms with Crippen LogP contribution in [0.3, 0.4) is 0 Å². The molecule has 2 heterocycles. The first-order valence-corrected chi connectivity index (χ1v) is 4.81. The molecular formula is C9H13N5O. The third-order valence-corrected chi connectivity index (χ3v) is 1.92. The molecule has 2 N–H and O–H groups in total. The number of rotatable bonds is 4. The van der Waals surface area contributed by atoms with E-state index in [-0.39, 0.29) is 5.92 Å². The first-order valence-electron chi connectivity index (χ1n) is 4.81. The number of nitrogens with one attached hydrogen (secondary N) is 2. The van der Waals surface area contributed by atoms with Crippen molar-refractivity contribution in [2.24, 2.45) is 0 Å². The molecule has 0 bridgehead atoms. The Morgan fingerprint density at radius 1 is 1.53 bits per heavy atom. The first-order chi connectivity index (χ1) is 7.25. The minimum Gasteiger partial charge on any atom is -0.347 e. The molecule has 6 heteroatoms. The third-order valence-electron chi connectivity index (χ3n) is 1.92. The van der Waals surface area contributed by atoms with E-state index in [1.807, 2.05) is 13.8 Å². The summed E-state index contributed by atoms with van der Waals surface area (Å²) in [6, 6.07) is 0.426. The Labute approximate surface area is 87.1 Å². The molecule has 0 aromatic carbocycles. The molecular weight excluding hydrogens is 194 g/mol. The predicted octanol–water partition coefficient (Wildman–Crippen LogP) is 1.53. The Morgan fingerprint density at radius 2 is 2.40 bits per heavy atom. The SMILES string of the molecule is CC(C)c1noc(NCc2ncc[nH]2)n1. The zero-order valence-electron chi connectivity index (χ0n) is 8.69. The van der Waals surface area contributed by atoms with Crippen LogP contribution in [0.15, 0.2) is 16.9 Å². The molecule has 15 heavy (non-hydrogen) atoms. The van der Waals surface area contributed by atoms with Crippen LogP contribution < -0.4 is 5.32 Å². The van der Waals surface area contributed by atoms with Gasteiger partial charge in [0.05, 0.1) is 6.54 Å². The molecule has 6 nitrogen and oxygen atoms in total. The highest BCUT2D eigenvalue weighted by molar-refractivity contribution is 5.19. The zero-order chi connectivity index (χ0) is 10.7. The summed E-state index contributed by atoms with van der Waals surface area (Å²) in [4.78, 5) is 11.2. The molecule has 2 aromatic rings. The van der Waals surface area contributed by atoms with E-state index < -0.39 is 0 Å². The highest BCUT2D eigenvalue weighted by Gasteiger charge is 2.08. The molecule has 0 saturated carbocycles. The largest absolute Gasteiger partial charge is 0.347 e. The van der Waals surface area contributed by atoms with Gasteiger partial charge in [0.2, 0.25) is 0 Å². The van der Waals surface area contributed by atoms with E-state index in [1.165, 1.54) is 0 Å². The van der Waals surface area contributed by atoms with E-state index in [0.29, 0.717) is 18.4 Å². The second-order valence-corrected chi connectivity index (χ2v) is 3.50. The maximum absolute atomic E-state index is 5.01. The van der Waals surface area contributed by atoms with Crippen molar-refractivity contribution in [2.75, 3.05) is 5.32 Å². The maximum atomic E-state index is 5.01. The van der Waals surface area contributed by atoms with Gasteiger partial charge in [-0.3, -0.25) is 0 Å². The lowest BCUT2D eigenvalue weighted by atomic mass is 10.2. The van der Waals surface area contributed by atoms with Gasteiger partial charge in [0.1, 0.15) is 5.82 Å². The number of anilines is 1. The summed E-state index contributed by atoms with van der Waals surface area (Å²) in [5.41, 5.74) is 0. The average Bonchev–Trinajstić information content (AvgIpc) is 2.86. The Kier molecular flexibility index (Phi) is 2.66. The molecule has 0 saturated heterocycles. The van der Waals surface area contributed by atoms with Crippen molar-refractivity contribution < 1.29 is 4.52 Å². The number of nitrogens with zero attached hydrogens (tertiary/aromatic N) is 3. The van der Waals surface area contributed by atoms with Gasteiger partial charge >= 0.3 is 6.01 Å². The summed E-state index contributed by atoms with van der Waals surface area (Å²) >= 11 is 0. The van der Waals surface area contributed by atoms with Gasteiger partial charge in [-0.15, -0.1) is 0 Å². The number of H-pyrrole nitrogens is 1. The molecule has 0 aliphatic carbocycles. The molecule has 0 radical (unpaired) electrons. The van der Waals surface area contributed by atoms with E-state index in [9.17, 15) is 0 Å². The quantitative estimate of drug-likeness (QED) is 0.794. The third kappa shape index (κ3) is 2.34. The fraction of sp³-hybridized carbons (Fsp3) is 0.444. The highest BCUT2D eigenvalue weighted by Crippen LogP contribution is 2.12. The molecule has 0 unspecified atom stereocenters. The van der Waals surface area contributed by atoms with Crippen LogP contribution in [0, 0.1) is 0 Å². The summed E-state index contributed by atoms with van der Waals surface area (Å²) in [7, 11) is 0. The van der Waals surface area contributed by atoms with Crippen LogP contribution in [0.4, 0.5) is 6.01 Å². The second kappa shape index (κ2) is 4.12. The van der Waals surface area contributed by atoms with Crippen molar-refractivity contribution in [3.05, 3.63) is 24.0 Å². The van der Waals surface area contributed by atoms with Crippen molar-refractivity contribution >= 4 is 6.01 Å². The number of hydrogen-bond donors (Lipinski definition) is 2. The van der Waals surface area contributed by atoms with Crippen molar-refractivity contribution in [1.29, 1.82) is 0 Å². The van der Waals surface area contributed by atoms with Crippen LogP contribution in [-0.2, 0) is 6.54 Å². The molecule has 80 valence electrons. The zero-order valence-corrected chi connectivity index (χ0v) is 8.69. The van der Waals surface area contributed by atoms with Crippen LogP contribution in [0.1, 0.15) is 31.4 Å². The Morgan fingerprint density at radius 3 is 3.00 bits per heavy atom. The first kappa shape index (κ1) is 9.70. The van der Waals surface area contributed by atoms with Crippen molar-refractivity contribution in [3.8, 4) is 0 Å². The van der Waals surface area contributed by atoms with Crippen LogP contribution in [0.5, 0.6) is 0 Å². The molecule has 0 spiro atoms. The Bertz CT molecular complexity index is 406. The van der Waals surface area contributed by atoms with Gasteiger partial charge in [-0.25, -0.2) is 4.98 Å².